The van der Waals surface area contributed by atoms with Crippen LogP contribution in [0.3, 0.4) is 0 Å². The SMILES string of the molecule is COC(=O)N/N=C(/c1ccc(OC)cc1)[C@H](c1ccc(OC)cc1)[C@@]1(O)C(=O)Nc2c(C)cc(Cl)cc21. The van der Waals surface area contributed by atoms with Crippen molar-refractivity contribution in [1.82, 2.24) is 5.43 Å². The molecular formula is C27H26ClN3O6. The zero-order chi connectivity index (χ0) is 26.7. The second-order valence-electron chi connectivity index (χ2n) is 8.40. The van der Waals surface area contributed by atoms with Gasteiger partial charge >= 0.3 is 6.09 Å². The Bertz CT molecular complexity index is 1360. The lowest BCUT2D eigenvalue weighted by molar-refractivity contribution is -0.134. The van der Waals surface area contributed by atoms with E-state index in [1.165, 1.54) is 21.3 Å². The van der Waals surface area contributed by atoms with Gasteiger partial charge in [0.25, 0.3) is 5.91 Å². The standard InChI is InChI=1S/C27H26ClN3O6/c1-15-13-18(28)14-21-23(15)29-25(32)27(21,34)22(16-5-9-19(35-2)10-6-16)24(30-31-26(33)37-4)17-7-11-20(36-3)12-8-17/h5-14,22,34H,1-4H3,(H,29,32)(H,31,33)/b30-24-/t22-,27+/m0/s1. The van der Waals surface area contributed by atoms with Crippen LogP contribution in [0.1, 0.15) is 28.2 Å². The Balaban J connectivity index is 2.00. The maximum absolute atomic E-state index is 13.6. The number of hydrogen-bond acceptors (Lipinski definition) is 7. The highest BCUT2D eigenvalue weighted by molar-refractivity contribution is 6.31. The van der Waals surface area contributed by atoms with Crippen molar-refractivity contribution < 1.29 is 28.9 Å². The Labute approximate surface area is 219 Å². The largest absolute Gasteiger partial charge is 0.497 e. The highest BCUT2D eigenvalue weighted by Gasteiger charge is 2.54. The van der Waals surface area contributed by atoms with E-state index in [-0.39, 0.29) is 5.71 Å². The molecule has 0 aliphatic carbocycles. The number of aliphatic hydroxyl groups is 1. The lowest BCUT2D eigenvalue weighted by atomic mass is 9.73. The second kappa shape index (κ2) is 10.5. The summed E-state index contributed by atoms with van der Waals surface area (Å²) in [5, 5.41) is 19.8. The molecule has 3 N–H and O–H groups in total. The summed E-state index contributed by atoms with van der Waals surface area (Å²) in [6.07, 6.45) is -0.818. The number of hydrogen-bond donors (Lipinski definition) is 3. The van der Waals surface area contributed by atoms with Crippen LogP contribution in [-0.2, 0) is 15.1 Å². The lowest BCUT2D eigenvalue weighted by Gasteiger charge is -2.33. The van der Waals surface area contributed by atoms with Crippen LogP contribution in [0.15, 0.2) is 65.8 Å². The molecule has 0 bridgehead atoms. The number of carbonyl (C=O) groups excluding carboxylic acids is 2. The molecule has 4 rings (SSSR count). The molecule has 3 aromatic carbocycles. The summed E-state index contributed by atoms with van der Waals surface area (Å²) in [6.45, 7) is 1.79. The first-order valence-electron chi connectivity index (χ1n) is 11.3. The highest BCUT2D eigenvalue weighted by atomic mass is 35.5. The van der Waals surface area contributed by atoms with Crippen LogP contribution in [0.25, 0.3) is 0 Å². The number of hydrazone groups is 1. The van der Waals surface area contributed by atoms with Gasteiger partial charge in [0.05, 0.1) is 38.6 Å². The summed E-state index contributed by atoms with van der Waals surface area (Å²) < 4.78 is 15.3. The van der Waals surface area contributed by atoms with Gasteiger partial charge < -0.3 is 24.6 Å². The van der Waals surface area contributed by atoms with E-state index in [1.54, 1.807) is 67.6 Å². The smallest absolute Gasteiger partial charge is 0.427 e. The zero-order valence-electron chi connectivity index (χ0n) is 20.7. The number of rotatable bonds is 7. The van der Waals surface area contributed by atoms with Crippen LogP contribution in [0.5, 0.6) is 11.5 Å². The molecular weight excluding hydrogens is 498 g/mol. The van der Waals surface area contributed by atoms with Crippen LogP contribution < -0.4 is 20.2 Å². The molecule has 0 saturated carbocycles. The van der Waals surface area contributed by atoms with Crippen LogP contribution in [-0.4, -0.2) is 44.1 Å². The number of halogens is 1. The number of aryl methyl sites for hydroxylation is 1. The third-order valence-corrected chi connectivity index (χ3v) is 6.49. The number of nitrogens with zero attached hydrogens (tertiary/aromatic N) is 1. The topological polar surface area (TPSA) is 118 Å². The molecule has 1 aliphatic rings. The van der Waals surface area contributed by atoms with E-state index in [2.05, 4.69) is 15.8 Å². The molecule has 9 nitrogen and oxygen atoms in total. The quantitative estimate of drug-likeness (QED) is 0.313. The van der Waals surface area contributed by atoms with Gasteiger partial charge in [-0.05, 0) is 72.1 Å². The van der Waals surface area contributed by atoms with Crippen molar-refractivity contribution in [3.8, 4) is 11.5 Å². The van der Waals surface area contributed by atoms with Gasteiger partial charge in [0.15, 0.2) is 5.60 Å². The summed E-state index contributed by atoms with van der Waals surface area (Å²) in [7, 11) is 4.28. The van der Waals surface area contributed by atoms with Gasteiger partial charge in [-0.2, -0.15) is 5.10 Å². The monoisotopic (exact) mass is 523 g/mol. The van der Waals surface area contributed by atoms with Gasteiger partial charge in [-0.1, -0.05) is 23.7 Å². The van der Waals surface area contributed by atoms with Gasteiger partial charge in [0, 0.05) is 10.6 Å². The first kappa shape index (κ1) is 26.0. The minimum Gasteiger partial charge on any atom is -0.497 e. The number of fused-ring (bicyclic) bond motifs is 1. The highest BCUT2D eigenvalue weighted by Crippen LogP contribution is 2.49. The van der Waals surface area contributed by atoms with Crippen molar-refractivity contribution >= 4 is 35.0 Å². The molecule has 3 aromatic rings. The van der Waals surface area contributed by atoms with Gasteiger partial charge in [0.2, 0.25) is 0 Å². The molecule has 10 heteroatoms. The molecule has 0 fully saturated rings. The predicted molar refractivity (Wildman–Crippen MR) is 140 cm³/mol. The average molecular weight is 524 g/mol. The van der Waals surface area contributed by atoms with E-state index in [0.29, 0.717) is 44.5 Å². The molecule has 0 unspecified atom stereocenters. The summed E-state index contributed by atoms with van der Waals surface area (Å²) in [4.78, 5) is 25.6. The van der Waals surface area contributed by atoms with Gasteiger partial charge in [0.1, 0.15) is 11.5 Å². The van der Waals surface area contributed by atoms with Crippen LogP contribution in [0.2, 0.25) is 5.02 Å². The molecule has 2 amide bonds. The molecule has 2 atom stereocenters. The van der Waals surface area contributed by atoms with E-state index in [1.807, 2.05) is 0 Å². The van der Waals surface area contributed by atoms with Crippen molar-refractivity contribution in [2.24, 2.45) is 5.10 Å². The maximum atomic E-state index is 13.6. The van der Waals surface area contributed by atoms with Gasteiger partial charge in [-0.15, -0.1) is 0 Å². The van der Waals surface area contributed by atoms with E-state index in [0.717, 1.165) is 0 Å². The Morgan fingerprint density at radius 3 is 2.19 bits per heavy atom. The summed E-state index contributed by atoms with van der Waals surface area (Å²) >= 11 is 6.36. The summed E-state index contributed by atoms with van der Waals surface area (Å²) in [6, 6.07) is 17.0. The third-order valence-electron chi connectivity index (χ3n) is 6.27. The molecule has 192 valence electrons. The van der Waals surface area contributed by atoms with Crippen molar-refractivity contribution in [2.45, 2.75) is 18.4 Å². The predicted octanol–water partition coefficient (Wildman–Crippen LogP) is 4.35. The molecule has 0 aromatic heterocycles. The Morgan fingerprint density at radius 2 is 1.62 bits per heavy atom. The maximum Gasteiger partial charge on any atom is 0.427 e. The molecule has 1 aliphatic heterocycles. The van der Waals surface area contributed by atoms with Crippen molar-refractivity contribution in [3.63, 3.8) is 0 Å². The van der Waals surface area contributed by atoms with E-state index < -0.39 is 23.5 Å². The van der Waals surface area contributed by atoms with Crippen molar-refractivity contribution in [3.05, 3.63) is 87.9 Å². The minimum absolute atomic E-state index is 0.196. The number of amides is 2. The Hall–Kier alpha value is -4.08. The number of ether oxygens (including phenoxy) is 3. The number of benzene rings is 3. The second-order valence-corrected chi connectivity index (χ2v) is 8.84. The number of methoxy groups -OCH3 is 3. The van der Waals surface area contributed by atoms with Crippen molar-refractivity contribution in [2.75, 3.05) is 26.6 Å². The molecule has 0 spiro atoms. The number of anilines is 1. The Morgan fingerprint density at radius 1 is 1.03 bits per heavy atom. The molecule has 0 saturated heterocycles. The zero-order valence-corrected chi connectivity index (χ0v) is 21.4. The fourth-order valence-electron chi connectivity index (χ4n) is 4.43. The van der Waals surface area contributed by atoms with E-state index in [4.69, 9.17) is 25.8 Å². The van der Waals surface area contributed by atoms with Crippen LogP contribution in [0, 0.1) is 6.92 Å². The van der Waals surface area contributed by atoms with Crippen LogP contribution in [0.4, 0.5) is 10.5 Å². The minimum atomic E-state index is -2.14. The lowest BCUT2D eigenvalue weighted by Crippen LogP contribution is -2.44. The number of nitrogens with one attached hydrogen (secondary N) is 2. The fraction of sp³-hybridized carbons (Fsp3) is 0.222. The molecule has 1 heterocycles. The van der Waals surface area contributed by atoms with Crippen molar-refractivity contribution in [1.29, 1.82) is 0 Å². The summed E-state index contributed by atoms with van der Waals surface area (Å²) in [5.41, 5.74) is 2.89. The van der Waals surface area contributed by atoms with E-state index >= 15 is 0 Å². The third kappa shape index (κ3) is 4.83. The molecule has 37 heavy (non-hydrogen) atoms. The van der Waals surface area contributed by atoms with Gasteiger partial charge in [-0.3, -0.25) is 4.79 Å². The normalized spacial score (nSPS) is 17.5. The van der Waals surface area contributed by atoms with Crippen LogP contribution >= 0.6 is 11.6 Å². The molecule has 0 radical (unpaired) electrons. The first-order chi connectivity index (χ1) is 17.7. The fourth-order valence-corrected chi connectivity index (χ4v) is 4.70. The van der Waals surface area contributed by atoms with Gasteiger partial charge in [-0.25, -0.2) is 10.2 Å². The van der Waals surface area contributed by atoms with E-state index in [9.17, 15) is 14.7 Å². The average Bonchev–Trinajstić information content (AvgIpc) is 3.17. The summed E-state index contributed by atoms with van der Waals surface area (Å²) in [5.74, 6) is -0.577. The first-order valence-corrected chi connectivity index (χ1v) is 11.6. The Kier molecular flexibility index (Phi) is 7.37. The number of carbonyl (C=O) groups is 2.